The summed E-state index contributed by atoms with van der Waals surface area (Å²) in [4.78, 5) is 14.9. The number of rotatable bonds is 5. The Hall–Kier alpha value is -2.45. The highest BCUT2D eigenvalue weighted by atomic mass is 15.4. The molecule has 0 spiro atoms. The molecule has 0 amide bonds. The van der Waals surface area contributed by atoms with Crippen molar-refractivity contribution in [2.45, 2.75) is 25.8 Å². The van der Waals surface area contributed by atoms with Gasteiger partial charge in [-0.15, -0.1) is 5.10 Å². The molecular weight excluding hydrogens is 270 g/mol. The van der Waals surface area contributed by atoms with Crippen LogP contribution < -0.4 is 16.0 Å². The van der Waals surface area contributed by atoms with Crippen LogP contribution in [0.2, 0.25) is 0 Å². The molecule has 3 heterocycles. The van der Waals surface area contributed by atoms with Crippen molar-refractivity contribution in [1.29, 1.82) is 0 Å². The Labute approximate surface area is 122 Å². The van der Waals surface area contributed by atoms with Gasteiger partial charge >= 0.3 is 0 Å². The van der Waals surface area contributed by atoms with Crippen LogP contribution in [-0.4, -0.2) is 49.6 Å². The van der Waals surface area contributed by atoms with Crippen LogP contribution in [0.4, 0.5) is 17.8 Å². The van der Waals surface area contributed by atoms with Gasteiger partial charge in [0, 0.05) is 25.8 Å². The van der Waals surface area contributed by atoms with Gasteiger partial charge in [0.2, 0.25) is 17.8 Å². The number of nitrogens with one attached hydrogen (secondary N) is 1. The first-order chi connectivity index (χ1) is 10.3. The molecule has 1 aliphatic heterocycles. The topological polar surface area (TPSA) is 111 Å². The second-order valence-electron chi connectivity index (χ2n) is 4.96. The molecule has 112 valence electrons. The largest absolute Gasteiger partial charge is 0.368 e. The molecular formula is C12H19N9. The third-order valence-corrected chi connectivity index (χ3v) is 3.38. The molecule has 0 radical (unpaired) electrons. The molecule has 9 nitrogen and oxygen atoms in total. The SMILES string of the molecule is Nc1nc(NCCn2ccnn2)nc(N2CCCCC2)n1. The number of nitrogens with two attached hydrogens (primary N) is 1. The first-order valence-corrected chi connectivity index (χ1v) is 7.16. The molecule has 0 saturated carbocycles. The lowest BCUT2D eigenvalue weighted by atomic mass is 10.1. The van der Waals surface area contributed by atoms with E-state index in [4.69, 9.17) is 5.73 Å². The zero-order chi connectivity index (χ0) is 14.5. The number of aromatic nitrogens is 6. The molecule has 2 aromatic heterocycles. The summed E-state index contributed by atoms with van der Waals surface area (Å²) in [7, 11) is 0. The molecule has 3 N–H and O–H groups in total. The Balaban J connectivity index is 1.63. The predicted molar refractivity (Wildman–Crippen MR) is 78.8 cm³/mol. The van der Waals surface area contributed by atoms with E-state index in [1.165, 1.54) is 19.3 Å². The summed E-state index contributed by atoms with van der Waals surface area (Å²) in [6.07, 6.45) is 7.05. The van der Waals surface area contributed by atoms with Gasteiger partial charge in [0.25, 0.3) is 0 Å². The molecule has 3 rings (SSSR count). The van der Waals surface area contributed by atoms with Crippen LogP contribution in [0.15, 0.2) is 12.4 Å². The van der Waals surface area contributed by atoms with Gasteiger partial charge in [-0.3, -0.25) is 4.68 Å². The predicted octanol–water partition coefficient (Wildman–Crippen LogP) is 0.148. The Morgan fingerprint density at radius 2 is 2.00 bits per heavy atom. The summed E-state index contributed by atoms with van der Waals surface area (Å²) < 4.78 is 1.74. The van der Waals surface area contributed by atoms with Crippen LogP contribution in [0, 0.1) is 0 Å². The second kappa shape index (κ2) is 6.33. The van der Waals surface area contributed by atoms with Crippen LogP contribution in [-0.2, 0) is 6.54 Å². The van der Waals surface area contributed by atoms with Crippen LogP contribution in [0.1, 0.15) is 19.3 Å². The summed E-state index contributed by atoms with van der Waals surface area (Å²) in [6.45, 7) is 3.28. The van der Waals surface area contributed by atoms with Gasteiger partial charge in [0.1, 0.15) is 0 Å². The number of nitrogen functional groups attached to an aromatic ring is 1. The monoisotopic (exact) mass is 289 g/mol. The highest BCUT2D eigenvalue weighted by molar-refractivity contribution is 5.42. The number of piperidine rings is 1. The van der Waals surface area contributed by atoms with Gasteiger partial charge in [0.05, 0.1) is 12.7 Å². The fourth-order valence-corrected chi connectivity index (χ4v) is 2.33. The van der Waals surface area contributed by atoms with Gasteiger partial charge in [-0.1, -0.05) is 5.21 Å². The van der Waals surface area contributed by atoms with E-state index in [1.807, 2.05) is 6.20 Å². The molecule has 0 aliphatic carbocycles. The van der Waals surface area contributed by atoms with Crippen LogP contribution in [0.3, 0.4) is 0 Å². The second-order valence-corrected chi connectivity index (χ2v) is 4.96. The number of hydrogen-bond acceptors (Lipinski definition) is 8. The lowest BCUT2D eigenvalue weighted by Crippen LogP contribution is -2.31. The molecule has 9 heteroatoms. The van der Waals surface area contributed by atoms with Crippen molar-refractivity contribution in [2.75, 3.05) is 35.6 Å². The fraction of sp³-hybridized carbons (Fsp3) is 0.583. The lowest BCUT2D eigenvalue weighted by Gasteiger charge is -2.26. The third-order valence-electron chi connectivity index (χ3n) is 3.38. The maximum absolute atomic E-state index is 5.78. The maximum Gasteiger partial charge on any atom is 0.231 e. The Bertz CT molecular complexity index is 562. The van der Waals surface area contributed by atoms with Gasteiger partial charge in [0.15, 0.2) is 0 Å². The van der Waals surface area contributed by atoms with E-state index < -0.39 is 0 Å². The van der Waals surface area contributed by atoms with Gasteiger partial charge in [-0.05, 0) is 19.3 Å². The van der Waals surface area contributed by atoms with E-state index >= 15 is 0 Å². The zero-order valence-electron chi connectivity index (χ0n) is 11.8. The number of hydrogen-bond donors (Lipinski definition) is 2. The van der Waals surface area contributed by atoms with E-state index in [2.05, 4.69) is 35.5 Å². The van der Waals surface area contributed by atoms with E-state index in [9.17, 15) is 0 Å². The summed E-state index contributed by atoms with van der Waals surface area (Å²) in [5.74, 6) is 1.41. The molecule has 0 aromatic carbocycles. The standard InChI is InChI=1S/C12H19N9/c13-10-16-11(14-4-8-21-9-5-15-19-21)18-12(17-10)20-6-2-1-3-7-20/h5,9H,1-4,6-8H2,(H3,13,14,16,17,18). The Kier molecular flexibility index (Phi) is 4.08. The molecule has 0 bridgehead atoms. The molecule has 21 heavy (non-hydrogen) atoms. The van der Waals surface area contributed by atoms with E-state index in [1.54, 1.807) is 10.9 Å². The van der Waals surface area contributed by atoms with Crippen molar-refractivity contribution >= 4 is 17.8 Å². The summed E-state index contributed by atoms with van der Waals surface area (Å²) in [5.41, 5.74) is 5.78. The first-order valence-electron chi connectivity index (χ1n) is 7.16. The van der Waals surface area contributed by atoms with Crippen molar-refractivity contribution in [3.63, 3.8) is 0 Å². The minimum absolute atomic E-state index is 0.244. The number of nitrogens with zero attached hydrogens (tertiary/aromatic N) is 7. The zero-order valence-corrected chi connectivity index (χ0v) is 11.8. The highest BCUT2D eigenvalue weighted by Gasteiger charge is 2.15. The van der Waals surface area contributed by atoms with E-state index in [0.29, 0.717) is 25.0 Å². The first kappa shape index (κ1) is 13.5. The van der Waals surface area contributed by atoms with Gasteiger partial charge in [-0.25, -0.2) is 0 Å². The molecule has 1 fully saturated rings. The van der Waals surface area contributed by atoms with E-state index in [0.717, 1.165) is 13.1 Å². The normalized spacial score (nSPS) is 15.1. The van der Waals surface area contributed by atoms with Crippen molar-refractivity contribution in [3.05, 3.63) is 12.4 Å². The summed E-state index contributed by atoms with van der Waals surface area (Å²) in [5, 5.41) is 10.8. The minimum atomic E-state index is 0.244. The Morgan fingerprint density at radius 3 is 2.76 bits per heavy atom. The molecule has 1 aliphatic rings. The van der Waals surface area contributed by atoms with Crippen LogP contribution >= 0.6 is 0 Å². The van der Waals surface area contributed by atoms with Crippen molar-refractivity contribution < 1.29 is 0 Å². The van der Waals surface area contributed by atoms with Crippen molar-refractivity contribution in [2.24, 2.45) is 0 Å². The van der Waals surface area contributed by atoms with Crippen molar-refractivity contribution in [1.82, 2.24) is 29.9 Å². The van der Waals surface area contributed by atoms with E-state index in [-0.39, 0.29) is 5.95 Å². The molecule has 0 unspecified atom stereocenters. The lowest BCUT2D eigenvalue weighted by molar-refractivity contribution is 0.567. The molecule has 0 atom stereocenters. The smallest absolute Gasteiger partial charge is 0.231 e. The average molecular weight is 289 g/mol. The number of anilines is 3. The van der Waals surface area contributed by atoms with Crippen molar-refractivity contribution in [3.8, 4) is 0 Å². The van der Waals surface area contributed by atoms with Gasteiger partial charge < -0.3 is 16.0 Å². The highest BCUT2D eigenvalue weighted by Crippen LogP contribution is 2.17. The molecule has 1 saturated heterocycles. The summed E-state index contributed by atoms with van der Waals surface area (Å²) >= 11 is 0. The average Bonchev–Trinajstić information content (AvgIpc) is 3.01. The minimum Gasteiger partial charge on any atom is -0.368 e. The maximum atomic E-state index is 5.78. The Morgan fingerprint density at radius 1 is 1.14 bits per heavy atom. The fourth-order valence-electron chi connectivity index (χ4n) is 2.33. The summed E-state index contributed by atoms with van der Waals surface area (Å²) in [6, 6.07) is 0. The van der Waals surface area contributed by atoms with Crippen LogP contribution in [0.25, 0.3) is 0 Å². The third kappa shape index (κ3) is 3.56. The molecule has 2 aromatic rings. The van der Waals surface area contributed by atoms with Gasteiger partial charge in [-0.2, -0.15) is 15.0 Å². The quantitative estimate of drug-likeness (QED) is 0.800. The van der Waals surface area contributed by atoms with Crippen LogP contribution in [0.5, 0.6) is 0 Å².